The van der Waals surface area contributed by atoms with Crippen LogP contribution in [0.15, 0.2) is 150 Å². The van der Waals surface area contributed by atoms with Crippen LogP contribution in [0.1, 0.15) is 25.0 Å². The first-order valence-corrected chi connectivity index (χ1v) is 14.9. The Kier molecular flexibility index (Phi) is 6.37. The number of benzene rings is 6. The second-order valence-electron chi connectivity index (χ2n) is 11.1. The van der Waals surface area contributed by atoms with Crippen LogP contribution in [-0.2, 0) is 5.41 Å². The Labute approximate surface area is 250 Å². The molecule has 1 aliphatic rings. The quantitative estimate of drug-likeness (QED) is 0.193. The first-order chi connectivity index (χ1) is 20.0. The predicted molar refractivity (Wildman–Crippen MR) is 177 cm³/mol. The fraction of sp³-hybridized carbons (Fsp3) is 0.0769. The SMILES string of the molecule is CC1(C)c2ccccc2-c2c(N(c3ccc(-c4ccccc4)cc3)c3ccc(-c4ccccc4)cc3)ccc(Br)c21. The van der Waals surface area contributed by atoms with Gasteiger partial charge in [-0.15, -0.1) is 0 Å². The molecule has 0 amide bonds. The minimum Gasteiger partial charge on any atom is -0.310 e. The predicted octanol–water partition coefficient (Wildman–Crippen LogP) is 11.6. The number of fused-ring (bicyclic) bond motifs is 3. The minimum atomic E-state index is -0.110. The molecule has 0 aromatic heterocycles. The van der Waals surface area contributed by atoms with Crippen LogP contribution in [0.5, 0.6) is 0 Å². The van der Waals surface area contributed by atoms with Gasteiger partial charge < -0.3 is 4.90 Å². The van der Waals surface area contributed by atoms with E-state index in [9.17, 15) is 0 Å². The highest BCUT2D eigenvalue weighted by atomic mass is 79.9. The van der Waals surface area contributed by atoms with Crippen LogP contribution < -0.4 is 4.90 Å². The Bertz CT molecular complexity index is 1750. The fourth-order valence-corrected chi connectivity index (χ4v) is 7.14. The third-order valence-electron chi connectivity index (χ3n) is 8.33. The normalized spacial score (nSPS) is 13.0. The molecule has 0 saturated heterocycles. The Morgan fingerprint density at radius 3 is 1.49 bits per heavy atom. The highest BCUT2D eigenvalue weighted by Crippen LogP contribution is 2.56. The van der Waals surface area contributed by atoms with E-state index in [1.54, 1.807) is 0 Å². The summed E-state index contributed by atoms with van der Waals surface area (Å²) in [5, 5.41) is 0. The van der Waals surface area contributed by atoms with Gasteiger partial charge in [-0.1, -0.05) is 139 Å². The van der Waals surface area contributed by atoms with Crippen LogP contribution in [0.4, 0.5) is 17.1 Å². The number of hydrogen-bond donors (Lipinski definition) is 0. The Balaban J connectivity index is 1.42. The molecule has 0 heterocycles. The van der Waals surface area contributed by atoms with E-state index in [4.69, 9.17) is 0 Å². The maximum Gasteiger partial charge on any atom is 0.0544 e. The van der Waals surface area contributed by atoms with Gasteiger partial charge in [-0.25, -0.2) is 0 Å². The van der Waals surface area contributed by atoms with Crippen molar-refractivity contribution in [3.05, 3.63) is 161 Å². The number of hydrogen-bond acceptors (Lipinski definition) is 1. The molecule has 198 valence electrons. The monoisotopic (exact) mass is 591 g/mol. The molecule has 0 N–H and O–H groups in total. The van der Waals surface area contributed by atoms with Crippen LogP contribution in [0, 0.1) is 0 Å². The lowest BCUT2D eigenvalue weighted by molar-refractivity contribution is 0.657. The maximum atomic E-state index is 3.93. The first kappa shape index (κ1) is 25.6. The molecule has 0 unspecified atom stereocenters. The summed E-state index contributed by atoms with van der Waals surface area (Å²) in [6.45, 7) is 4.67. The van der Waals surface area contributed by atoms with Crippen molar-refractivity contribution in [1.29, 1.82) is 0 Å². The smallest absolute Gasteiger partial charge is 0.0544 e. The van der Waals surface area contributed by atoms with E-state index in [1.807, 2.05) is 0 Å². The van der Waals surface area contributed by atoms with E-state index < -0.39 is 0 Å². The summed E-state index contributed by atoms with van der Waals surface area (Å²) in [7, 11) is 0. The molecule has 6 aromatic rings. The molecular weight excluding hydrogens is 562 g/mol. The summed E-state index contributed by atoms with van der Waals surface area (Å²) in [6, 6.07) is 52.4. The summed E-state index contributed by atoms with van der Waals surface area (Å²) < 4.78 is 1.15. The Morgan fingerprint density at radius 2 is 0.951 bits per heavy atom. The minimum absolute atomic E-state index is 0.110. The lowest BCUT2D eigenvalue weighted by Gasteiger charge is -2.29. The van der Waals surface area contributed by atoms with Crippen molar-refractivity contribution < 1.29 is 0 Å². The molecule has 0 spiro atoms. The van der Waals surface area contributed by atoms with Crippen LogP contribution in [-0.4, -0.2) is 0 Å². The van der Waals surface area contributed by atoms with E-state index in [-0.39, 0.29) is 5.41 Å². The molecule has 7 rings (SSSR count). The summed E-state index contributed by atoms with van der Waals surface area (Å²) in [6.07, 6.45) is 0. The van der Waals surface area contributed by atoms with Gasteiger partial charge >= 0.3 is 0 Å². The van der Waals surface area contributed by atoms with E-state index in [0.29, 0.717) is 0 Å². The molecule has 41 heavy (non-hydrogen) atoms. The lowest BCUT2D eigenvalue weighted by atomic mass is 9.82. The summed E-state index contributed by atoms with van der Waals surface area (Å²) in [5.74, 6) is 0. The zero-order valence-corrected chi connectivity index (χ0v) is 24.8. The second-order valence-corrected chi connectivity index (χ2v) is 12.0. The van der Waals surface area contributed by atoms with Crippen molar-refractivity contribution in [1.82, 2.24) is 0 Å². The molecule has 0 radical (unpaired) electrons. The molecule has 0 fully saturated rings. The molecule has 0 bridgehead atoms. The topological polar surface area (TPSA) is 3.24 Å². The van der Waals surface area contributed by atoms with Gasteiger partial charge in [0.15, 0.2) is 0 Å². The second kappa shape index (κ2) is 10.2. The summed E-state index contributed by atoms with van der Waals surface area (Å²) in [5.41, 5.74) is 13.5. The van der Waals surface area contributed by atoms with E-state index in [1.165, 1.54) is 50.2 Å². The van der Waals surface area contributed by atoms with Crippen molar-refractivity contribution >= 4 is 33.0 Å². The van der Waals surface area contributed by atoms with E-state index in [2.05, 4.69) is 180 Å². The van der Waals surface area contributed by atoms with E-state index >= 15 is 0 Å². The summed E-state index contributed by atoms with van der Waals surface area (Å²) >= 11 is 3.93. The molecule has 1 aliphatic carbocycles. The van der Waals surface area contributed by atoms with Crippen LogP contribution in [0.25, 0.3) is 33.4 Å². The van der Waals surface area contributed by atoms with Crippen molar-refractivity contribution in [2.75, 3.05) is 4.90 Å². The van der Waals surface area contributed by atoms with E-state index in [0.717, 1.165) is 15.8 Å². The number of rotatable bonds is 5. The summed E-state index contributed by atoms with van der Waals surface area (Å²) in [4.78, 5) is 2.41. The van der Waals surface area contributed by atoms with Crippen molar-refractivity contribution in [2.24, 2.45) is 0 Å². The maximum absolute atomic E-state index is 3.93. The van der Waals surface area contributed by atoms with Crippen LogP contribution >= 0.6 is 15.9 Å². The van der Waals surface area contributed by atoms with Crippen molar-refractivity contribution in [2.45, 2.75) is 19.3 Å². The van der Waals surface area contributed by atoms with Crippen molar-refractivity contribution in [3.8, 4) is 33.4 Å². The number of nitrogens with zero attached hydrogens (tertiary/aromatic N) is 1. The van der Waals surface area contributed by atoms with Crippen LogP contribution in [0.2, 0.25) is 0 Å². The zero-order chi connectivity index (χ0) is 28.0. The highest BCUT2D eigenvalue weighted by Gasteiger charge is 2.39. The fourth-order valence-electron chi connectivity index (χ4n) is 6.31. The molecule has 0 saturated carbocycles. The van der Waals surface area contributed by atoms with Gasteiger partial charge in [0.05, 0.1) is 5.69 Å². The zero-order valence-electron chi connectivity index (χ0n) is 23.2. The van der Waals surface area contributed by atoms with Gasteiger partial charge in [0.2, 0.25) is 0 Å². The van der Waals surface area contributed by atoms with Crippen LogP contribution in [0.3, 0.4) is 0 Å². The van der Waals surface area contributed by atoms with Gasteiger partial charge in [0.25, 0.3) is 0 Å². The Morgan fingerprint density at radius 1 is 0.488 bits per heavy atom. The Hall–Kier alpha value is -4.40. The van der Waals surface area contributed by atoms with Gasteiger partial charge in [-0.2, -0.15) is 0 Å². The number of anilines is 3. The molecule has 6 aromatic carbocycles. The average Bonchev–Trinajstić information content (AvgIpc) is 3.27. The lowest BCUT2D eigenvalue weighted by Crippen LogP contribution is -2.16. The number of halogens is 1. The largest absolute Gasteiger partial charge is 0.310 e. The standard InChI is InChI=1S/C39H30BrN/c1-39(2)34-16-10-9-15-33(34)37-36(26-25-35(40)38(37)39)41(31-21-17-29(18-22-31)27-11-5-3-6-12-27)32-23-19-30(20-24-32)28-13-7-4-8-14-28/h3-26H,1-2H3. The van der Waals surface area contributed by atoms with Gasteiger partial charge in [0, 0.05) is 26.8 Å². The third-order valence-corrected chi connectivity index (χ3v) is 8.99. The third kappa shape index (κ3) is 4.40. The van der Waals surface area contributed by atoms with Crippen molar-refractivity contribution in [3.63, 3.8) is 0 Å². The van der Waals surface area contributed by atoms with Gasteiger partial charge in [-0.05, 0) is 75.3 Å². The molecule has 2 heteroatoms. The molecular formula is C39H30BrN. The average molecular weight is 593 g/mol. The molecule has 0 aliphatic heterocycles. The van der Waals surface area contributed by atoms with Gasteiger partial charge in [0.1, 0.15) is 0 Å². The molecule has 1 nitrogen and oxygen atoms in total. The highest BCUT2D eigenvalue weighted by molar-refractivity contribution is 9.10. The van der Waals surface area contributed by atoms with Gasteiger partial charge in [-0.3, -0.25) is 0 Å². The molecule has 0 atom stereocenters. The first-order valence-electron chi connectivity index (χ1n) is 14.1.